The highest BCUT2D eigenvalue weighted by molar-refractivity contribution is 6.46. The summed E-state index contributed by atoms with van der Waals surface area (Å²) in [5, 5.41) is 17.9. The topological polar surface area (TPSA) is 96.3 Å². The molecule has 0 rings (SSSR count). The molecule has 0 spiro atoms. The van der Waals surface area contributed by atoms with E-state index in [4.69, 9.17) is 19.1 Å². The number of carbonyl (C=O) groups is 2. The minimum Gasteiger partial charge on any atom is -0.481 e. The molecule has 124 valence electrons. The lowest BCUT2D eigenvalue weighted by Crippen LogP contribution is -2.41. The fourth-order valence-electron chi connectivity index (χ4n) is 2.00. The molecule has 0 aromatic heterocycles. The average molecular weight is 321 g/mol. The molecule has 0 aliphatic rings. The van der Waals surface area contributed by atoms with Crippen LogP contribution in [0.3, 0.4) is 0 Å². The fourth-order valence-corrected chi connectivity index (χ4v) is 3.83. The summed E-state index contributed by atoms with van der Waals surface area (Å²) in [5.74, 6) is -2.23. The molecule has 2 atom stereocenters. The molecule has 0 saturated heterocycles. The summed E-state index contributed by atoms with van der Waals surface area (Å²) in [7, 11) is -0.131. The molecule has 2 N–H and O–H groups in total. The quantitative estimate of drug-likeness (QED) is 0.516. The number of hydrogen-bond acceptors (Lipinski definition) is 5. The second-order valence-electron chi connectivity index (χ2n) is 4.98. The van der Waals surface area contributed by atoms with E-state index < -0.39 is 33.7 Å². The van der Waals surface area contributed by atoms with Crippen LogP contribution in [0.2, 0.25) is 5.54 Å². The first kappa shape index (κ1) is 20.0. The summed E-state index contributed by atoms with van der Waals surface area (Å²) >= 11 is 0. The average Bonchev–Trinajstić information content (AvgIpc) is 2.41. The van der Waals surface area contributed by atoms with Gasteiger partial charge in [-0.25, -0.2) is 0 Å². The van der Waals surface area contributed by atoms with Crippen LogP contribution < -0.4 is 0 Å². The van der Waals surface area contributed by atoms with Crippen LogP contribution in [0, 0.1) is 0 Å². The molecule has 0 aromatic carbocycles. The Morgan fingerprint density at radius 2 is 1.71 bits per heavy atom. The van der Waals surface area contributed by atoms with E-state index in [2.05, 4.69) is 0 Å². The van der Waals surface area contributed by atoms with Crippen molar-refractivity contribution in [3.63, 3.8) is 0 Å². The molecule has 0 aliphatic carbocycles. The predicted molar refractivity (Wildman–Crippen MR) is 80.7 cm³/mol. The molecule has 0 aromatic rings. The predicted octanol–water partition coefficient (Wildman–Crippen LogP) is 0.920. The van der Waals surface area contributed by atoms with Crippen LogP contribution >= 0.6 is 0 Å². The lowest BCUT2D eigenvalue weighted by Gasteiger charge is -2.27. The van der Waals surface area contributed by atoms with Gasteiger partial charge >= 0.3 is 21.2 Å². The number of hydrogen-bond donors (Lipinski definition) is 2. The Morgan fingerprint density at radius 1 is 1.19 bits per heavy atom. The molecule has 0 bridgehead atoms. The second kappa shape index (κ2) is 10.7. The first-order valence-corrected chi connectivity index (χ1v) is 8.82. The number of likely N-dealkylation sites (N-methyl/N-ethyl adjacent to an activating group) is 1. The number of carboxylic acid groups (broad SMARTS) is 2. The van der Waals surface area contributed by atoms with Gasteiger partial charge in [-0.15, -0.1) is 0 Å². The lowest BCUT2D eigenvalue weighted by atomic mass is 10.1. The fraction of sp³-hybridized carbons (Fsp3) is 0.846. The van der Waals surface area contributed by atoms with Crippen LogP contribution in [-0.2, 0) is 18.4 Å². The smallest absolute Gasteiger partial charge is 0.324 e. The molecule has 1 unspecified atom stereocenters. The molecule has 0 saturated carbocycles. The van der Waals surface area contributed by atoms with Crippen molar-refractivity contribution >= 4 is 21.2 Å². The van der Waals surface area contributed by atoms with E-state index in [0.29, 0.717) is 19.8 Å². The van der Waals surface area contributed by atoms with Crippen molar-refractivity contribution in [1.82, 2.24) is 4.90 Å². The highest BCUT2D eigenvalue weighted by Gasteiger charge is 2.27. The minimum absolute atomic E-state index is 0.228. The van der Waals surface area contributed by atoms with Gasteiger partial charge in [0.25, 0.3) is 0 Å². The molecule has 0 amide bonds. The zero-order chi connectivity index (χ0) is 16.4. The van der Waals surface area contributed by atoms with Gasteiger partial charge in [0.1, 0.15) is 6.04 Å². The van der Waals surface area contributed by atoms with Crippen LogP contribution in [0.25, 0.3) is 0 Å². The first-order valence-electron chi connectivity index (χ1n) is 7.21. The summed E-state index contributed by atoms with van der Waals surface area (Å²) < 4.78 is 11.3. The molecular formula is C13H27NO6Si. The van der Waals surface area contributed by atoms with Crippen molar-refractivity contribution in [2.45, 2.75) is 45.2 Å². The highest BCUT2D eigenvalue weighted by Crippen LogP contribution is 2.18. The SMILES string of the molecule is CCO[SiH](OCC)C(C)CCN(C)[C@@H](CC(=O)O)C(=O)O. The number of aliphatic carboxylic acids is 2. The van der Waals surface area contributed by atoms with Crippen molar-refractivity contribution in [3.8, 4) is 0 Å². The van der Waals surface area contributed by atoms with Crippen LogP contribution in [0.15, 0.2) is 0 Å². The molecule has 0 fully saturated rings. The van der Waals surface area contributed by atoms with Gasteiger partial charge in [0.2, 0.25) is 0 Å². The van der Waals surface area contributed by atoms with Gasteiger partial charge in [0, 0.05) is 13.2 Å². The Kier molecular flexibility index (Phi) is 10.2. The van der Waals surface area contributed by atoms with Gasteiger partial charge in [0.05, 0.1) is 6.42 Å². The van der Waals surface area contributed by atoms with E-state index in [1.54, 1.807) is 11.9 Å². The van der Waals surface area contributed by atoms with E-state index in [1.807, 2.05) is 20.8 Å². The zero-order valence-electron chi connectivity index (χ0n) is 13.2. The summed E-state index contributed by atoms with van der Waals surface area (Å²) in [6.45, 7) is 7.58. The first-order chi connectivity index (χ1) is 9.83. The summed E-state index contributed by atoms with van der Waals surface area (Å²) in [4.78, 5) is 23.4. The van der Waals surface area contributed by atoms with Crippen molar-refractivity contribution < 1.29 is 28.7 Å². The Bertz CT molecular complexity index is 322. The van der Waals surface area contributed by atoms with Gasteiger partial charge in [-0.1, -0.05) is 6.92 Å². The van der Waals surface area contributed by atoms with Crippen LogP contribution in [-0.4, -0.2) is 69.2 Å². The van der Waals surface area contributed by atoms with E-state index in [0.717, 1.165) is 6.42 Å². The number of rotatable bonds is 12. The van der Waals surface area contributed by atoms with Crippen LogP contribution in [0.4, 0.5) is 0 Å². The van der Waals surface area contributed by atoms with E-state index in [1.165, 1.54) is 0 Å². The number of carboxylic acids is 2. The minimum atomic E-state index is -1.76. The van der Waals surface area contributed by atoms with E-state index in [-0.39, 0.29) is 5.54 Å². The molecular weight excluding hydrogens is 294 g/mol. The van der Waals surface area contributed by atoms with Gasteiger partial charge in [-0.3, -0.25) is 14.5 Å². The molecule has 0 aliphatic heterocycles. The maximum Gasteiger partial charge on any atom is 0.324 e. The maximum atomic E-state index is 11.1. The van der Waals surface area contributed by atoms with E-state index >= 15 is 0 Å². The Hall–Kier alpha value is -0.963. The summed E-state index contributed by atoms with van der Waals surface area (Å²) in [6.07, 6.45) is 0.314. The van der Waals surface area contributed by atoms with E-state index in [9.17, 15) is 9.59 Å². The second-order valence-corrected chi connectivity index (χ2v) is 7.52. The van der Waals surface area contributed by atoms with Gasteiger partial charge in [0.15, 0.2) is 0 Å². The van der Waals surface area contributed by atoms with Crippen molar-refractivity contribution in [2.75, 3.05) is 26.8 Å². The van der Waals surface area contributed by atoms with Gasteiger partial charge < -0.3 is 19.1 Å². The summed E-state index contributed by atoms with van der Waals surface area (Å²) in [5.41, 5.74) is 0.228. The third-order valence-corrected chi connectivity index (χ3v) is 5.84. The van der Waals surface area contributed by atoms with Gasteiger partial charge in [-0.2, -0.15) is 0 Å². The zero-order valence-corrected chi connectivity index (χ0v) is 14.4. The molecule has 0 radical (unpaired) electrons. The van der Waals surface area contributed by atoms with Gasteiger partial charge in [-0.05, 0) is 39.4 Å². The molecule has 0 heterocycles. The Morgan fingerprint density at radius 3 is 2.10 bits per heavy atom. The molecule has 7 nitrogen and oxygen atoms in total. The lowest BCUT2D eigenvalue weighted by molar-refractivity contribution is -0.149. The van der Waals surface area contributed by atoms with Crippen LogP contribution in [0.5, 0.6) is 0 Å². The van der Waals surface area contributed by atoms with Crippen molar-refractivity contribution in [1.29, 1.82) is 0 Å². The van der Waals surface area contributed by atoms with Crippen molar-refractivity contribution in [3.05, 3.63) is 0 Å². The number of nitrogens with zero attached hydrogens (tertiary/aromatic N) is 1. The third kappa shape index (κ3) is 8.15. The van der Waals surface area contributed by atoms with Crippen molar-refractivity contribution in [2.24, 2.45) is 0 Å². The van der Waals surface area contributed by atoms with Crippen LogP contribution in [0.1, 0.15) is 33.6 Å². The molecule has 8 heteroatoms. The monoisotopic (exact) mass is 321 g/mol. The standard InChI is InChI=1S/C13H27NO6Si/c1-5-19-21(20-6-2)10(3)7-8-14(4)11(13(17)18)9-12(15)16/h10-11,21H,5-9H2,1-4H3,(H,15,16)(H,17,18)/t10?,11-/m0/s1. The Labute approximate surface area is 127 Å². The Balaban J connectivity index is 4.44. The highest BCUT2D eigenvalue weighted by atomic mass is 28.3. The molecule has 21 heavy (non-hydrogen) atoms. The largest absolute Gasteiger partial charge is 0.481 e. The third-order valence-electron chi connectivity index (χ3n) is 3.25. The summed E-state index contributed by atoms with van der Waals surface area (Å²) in [6, 6.07) is -1.01. The normalized spacial score (nSPS) is 14.4. The maximum absolute atomic E-state index is 11.1.